The number of rotatable bonds is 20. The lowest BCUT2D eigenvalue weighted by atomic mass is 9.85. The molecule has 152 valence electrons. The number of hydrogen-bond acceptors (Lipinski definition) is 1. The van der Waals surface area contributed by atoms with Crippen LogP contribution in [0.4, 0.5) is 0 Å². The number of alkyl halides is 1. The van der Waals surface area contributed by atoms with Crippen LogP contribution in [0.2, 0.25) is 0 Å². The highest BCUT2D eigenvalue weighted by molar-refractivity contribution is 6.17. The monoisotopic (exact) mass is 373 g/mol. The van der Waals surface area contributed by atoms with E-state index in [9.17, 15) is 0 Å². The first-order valence-electron chi connectivity index (χ1n) is 11.5. The number of halogens is 1. The van der Waals surface area contributed by atoms with Gasteiger partial charge in [0.05, 0.1) is 0 Å². The zero-order valence-corrected chi connectivity index (χ0v) is 18.4. The molecular weight excluding hydrogens is 326 g/mol. The average Bonchev–Trinajstić information content (AvgIpc) is 2.60. The third-order valence-electron chi connectivity index (χ3n) is 5.65. The van der Waals surface area contributed by atoms with Gasteiger partial charge in [0.1, 0.15) is 0 Å². The molecule has 0 bridgehead atoms. The molecule has 0 aliphatic heterocycles. The Morgan fingerprint density at radius 2 is 0.840 bits per heavy atom. The van der Waals surface area contributed by atoms with Gasteiger partial charge >= 0.3 is 0 Å². The Morgan fingerprint density at radius 3 is 1.16 bits per heavy atom. The van der Waals surface area contributed by atoms with Gasteiger partial charge in [-0.15, -0.1) is 11.6 Å². The van der Waals surface area contributed by atoms with Gasteiger partial charge in [-0.25, -0.2) is 0 Å². The molecule has 0 saturated carbocycles. The lowest BCUT2D eigenvalue weighted by molar-refractivity contribution is 0.326. The van der Waals surface area contributed by atoms with Crippen LogP contribution < -0.4 is 5.73 Å². The second kappa shape index (κ2) is 19.0. The van der Waals surface area contributed by atoms with E-state index >= 15 is 0 Å². The Labute approximate surface area is 164 Å². The number of hydrogen-bond donors (Lipinski definition) is 1. The minimum Gasteiger partial charge on any atom is -0.325 e. The third kappa shape index (κ3) is 17.4. The fraction of sp³-hybridized carbons (Fsp3) is 1.00. The number of nitrogens with two attached hydrogens (primary N) is 1. The van der Waals surface area contributed by atoms with Gasteiger partial charge in [-0.2, -0.15) is 0 Å². The Morgan fingerprint density at radius 1 is 0.520 bits per heavy atom. The summed E-state index contributed by atoms with van der Waals surface area (Å²) < 4.78 is 0. The molecule has 1 nitrogen and oxygen atoms in total. The van der Waals surface area contributed by atoms with Crippen molar-refractivity contribution in [1.29, 1.82) is 0 Å². The van der Waals surface area contributed by atoms with Crippen LogP contribution in [0, 0.1) is 0 Å². The van der Waals surface area contributed by atoms with Crippen molar-refractivity contribution in [2.45, 2.75) is 141 Å². The van der Waals surface area contributed by atoms with E-state index in [2.05, 4.69) is 13.8 Å². The van der Waals surface area contributed by atoms with Crippen LogP contribution in [0.3, 0.4) is 0 Å². The summed E-state index contributed by atoms with van der Waals surface area (Å²) in [5.41, 5.74) is 6.69. The molecule has 0 radical (unpaired) electrons. The maximum absolute atomic E-state index is 6.69. The summed E-state index contributed by atoms with van der Waals surface area (Å²) in [6, 6.07) is 0. The first-order valence-corrected chi connectivity index (χ1v) is 12.1. The maximum Gasteiger partial charge on any atom is 0.0240 e. The Hall–Kier alpha value is 0.250. The Bertz CT molecular complexity index is 234. The molecule has 0 unspecified atom stereocenters. The maximum atomic E-state index is 6.69. The van der Waals surface area contributed by atoms with E-state index in [1.54, 1.807) is 0 Å². The van der Waals surface area contributed by atoms with Gasteiger partial charge in [-0.3, -0.25) is 0 Å². The van der Waals surface area contributed by atoms with Crippen molar-refractivity contribution in [3.63, 3.8) is 0 Å². The minimum absolute atomic E-state index is 0.00612. The zero-order chi connectivity index (χ0) is 18.6. The molecule has 0 heterocycles. The summed E-state index contributed by atoms with van der Waals surface area (Å²) in [5, 5.41) is 0. The Balaban J connectivity index is 3.66. The lowest BCUT2D eigenvalue weighted by Crippen LogP contribution is -2.40. The molecule has 0 aliphatic carbocycles. The normalized spacial score (nSPS) is 12.0. The molecule has 0 spiro atoms. The average molecular weight is 374 g/mol. The highest BCUT2D eigenvalue weighted by Gasteiger charge is 2.22. The molecule has 0 fully saturated rings. The predicted molar refractivity (Wildman–Crippen MR) is 117 cm³/mol. The largest absolute Gasteiger partial charge is 0.325 e. The number of unbranched alkanes of at least 4 members (excludes halogenated alkanes) is 14. The quantitative estimate of drug-likeness (QED) is 0.168. The van der Waals surface area contributed by atoms with Crippen molar-refractivity contribution in [3.05, 3.63) is 0 Å². The van der Waals surface area contributed by atoms with E-state index in [1.807, 2.05) is 0 Å². The van der Waals surface area contributed by atoms with Crippen LogP contribution in [0.1, 0.15) is 136 Å². The SMILES string of the molecule is CCCCCCCCCCC(N)(CCCl)CCCCCCCCCC. The molecular formula is C23H48ClN. The first-order chi connectivity index (χ1) is 12.2. The van der Waals surface area contributed by atoms with Crippen LogP contribution in [-0.4, -0.2) is 11.4 Å². The summed E-state index contributed by atoms with van der Waals surface area (Å²) >= 11 is 6.03. The second-order valence-electron chi connectivity index (χ2n) is 8.25. The second-order valence-corrected chi connectivity index (χ2v) is 8.63. The highest BCUT2D eigenvalue weighted by Crippen LogP contribution is 2.25. The molecule has 0 aromatic heterocycles. The molecule has 25 heavy (non-hydrogen) atoms. The molecule has 0 aliphatic rings. The van der Waals surface area contributed by atoms with E-state index in [1.165, 1.54) is 116 Å². The summed E-state index contributed by atoms with van der Waals surface area (Å²) in [5.74, 6) is 0.713. The lowest BCUT2D eigenvalue weighted by Gasteiger charge is -2.29. The summed E-state index contributed by atoms with van der Waals surface area (Å²) in [6.07, 6.45) is 25.4. The summed E-state index contributed by atoms with van der Waals surface area (Å²) in [6.45, 7) is 4.56. The van der Waals surface area contributed by atoms with E-state index in [0.717, 1.165) is 6.42 Å². The molecule has 2 heteroatoms. The molecule has 0 atom stereocenters. The molecule has 2 N–H and O–H groups in total. The summed E-state index contributed by atoms with van der Waals surface area (Å²) in [7, 11) is 0. The van der Waals surface area contributed by atoms with Gasteiger partial charge in [-0.05, 0) is 19.3 Å². The highest BCUT2D eigenvalue weighted by atomic mass is 35.5. The van der Waals surface area contributed by atoms with Crippen molar-refractivity contribution in [1.82, 2.24) is 0 Å². The molecule has 0 aromatic carbocycles. The van der Waals surface area contributed by atoms with Crippen molar-refractivity contribution in [2.24, 2.45) is 5.73 Å². The van der Waals surface area contributed by atoms with Gasteiger partial charge in [0.2, 0.25) is 0 Å². The fourth-order valence-corrected chi connectivity index (χ4v) is 4.16. The Kier molecular flexibility index (Phi) is 19.2. The topological polar surface area (TPSA) is 26.0 Å². The van der Waals surface area contributed by atoms with E-state index in [0.29, 0.717) is 5.88 Å². The molecule has 0 rings (SSSR count). The van der Waals surface area contributed by atoms with Crippen molar-refractivity contribution in [2.75, 3.05) is 5.88 Å². The van der Waals surface area contributed by atoms with E-state index < -0.39 is 0 Å². The molecule has 0 saturated heterocycles. The van der Waals surface area contributed by atoms with E-state index in [4.69, 9.17) is 17.3 Å². The van der Waals surface area contributed by atoms with Gasteiger partial charge in [0.15, 0.2) is 0 Å². The van der Waals surface area contributed by atoms with Crippen molar-refractivity contribution < 1.29 is 0 Å². The van der Waals surface area contributed by atoms with Gasteiger partial charge < -0.3 is 5.73 Å². The van der Waals surface area contributed by atoms with Gasteiger partial charge in [-0.1, -0.05) is 117 Å². The van der Waals surface area contributed by atoms with Crippen LogP contribution in [0.25, 0.3) is 0 Å². The van der Waals surface area contributed by atoms with Crippen molar-refractivity contribution >= 4 is 11.6 Å². The van der Waals surface area contributed by atoms with Crippen molar-refractivity contribution in [3.8, 4) is 0 Å². The van der Waals surface area contributed by atoms with E-state index in [-0.39, 0.29) is 5.54 Å². The van der Waals surface area contributed by atoms with Gasteiger partial charge in [0, 0.05) is 11.4 Å². The fourth-order valence-electron chi connectivity index (χ4n) is 3.79. The predicted octanol–water partition coefficient (Wildman–Crippen LogP) is 8.37. The third-order valence-corrected chi connectivity index (χ3v) is 5.84. The van der Waals surface area contributed by atoms with Crippen LogP contribution in [0.15, 0.2) is 0 Å². The van der Waals surface area contributed by atoms with Gasteiger partial charge in [0.25, 0.3) is 0 Å². The first kappa shape index (κ1) is 25.2. The minimum atomic E-state index is 0.00612. The van der Waals surface area contributed by atoms with Crippen LogP contribution >= 0.6 is 11.6 Å². The van der Waals surface area contributed by atoms with Crippen LogP contribution in [-0.2, 0) is 0 Å². The standard InChI is InChI=1S/C23H48ClN/c1-3-5-7-9-11-13-15-17-19-23(25,21-22-24)20-18-16-14-12-10-8-6-4-2/h3-22,25H2,1-2H3. The zero-order valence-electron chi connectivity index (χ0n) is 17.6. The molecule has 0 aromatic rings. The summed E-state index contributed by atoms with van der Waals surface area (Å²) in [4.78, 5) is 0. The smallest absolute Gasteiger partial charge is 0.0240 e. The molecule has 0 amide bonds. The van der Waals surface area contributed by atoms with Crippen LogP contribution in [0.5, 0.6) is 0 Å².